The molecule has 0 spiro atoms. The van der Waals surface area contributed by atoms with Crippen molar-refractivity contribution in [3.8, 4) is 0 Å². The van der Waals surface area contributed by atoms with Gasteiger partial charge in [0.2, 0.25) is 0 Å². The van der Waals surface area contributed by atoms with Crippen LogP contribution < -0.4 is 0 Å². The predicted molar refractivity (Wildman–Crippen MR) is 112 cm³/mol. The summed E-state index contributed by atoms with van der Waals surface area (Å²) in [6.45, 7) is 6.66. The van der Waals surface area contributed by atoms with Crippen LogP contribution in [0.4, 0.5) is 0 Å². The molecule has 0 radical (unpaired) electrons. The van der Waals surface area contributed by atoms with Gasteiger partial charge in [-0.25, -0.2) is 0 Å². The van der Waals surface area contributed by atoms with Crippen LogP contribution in [0, 0.1) is 0 Å². The summed E-state index contributed by atoms with van der Waals surface area (Å²) in [5.74, 6) is -0.424. The molecular weight excluding hydrogens is 394 g/mol. The van der Waals surface area contributed by atoms with E-state index in [9.17, 15) is 9.59 Å². The molecule has 0 aromatic rings. The van der Waals surface area contributed by atoms with Crippen molar-refractivity contribution in [1.29, 1.82) is 0 Å². The summed E-state index contributed by atoms with van der Waals surface area (Å²) in [5, 5.41) is 8.74. The van der Waals surface area contributed by atoms with Crippen LogP contribution in [0.25, 0.3) is 0 Å². The lowest BCUT2D eigenvalue weighted by atomic mass is 10.2. The van der Waals surface area contributed by atoms with Crippen molar-refractivity contribution in [3.05, 3.63) is 0 Å². The molecule has 1 N–H and O–H groups in total. The highest BCUT2D eigenvalue weighted by molar-refractivity contribution is 5.69. The van der Waals surface area contributed by atoms with Gasteiger partial charge < -0.3 is 33.7 Å². The molecule has 0 heterocycles. The molecule has 0 aromatic carbocycles. The Morgan fingerprint density at radius 3 is 1.70 bits per heavy atom. The Kier molecular flexibility index (Phi) is 21.5. The molecule has 0 aromatic heterocycles. The Balaban J connectivity index is 3.28. The minimum absolute atomic E-state index is 0.196. The van der Waals surface area contributed by atoms with E-state index in [1.165, 1.54) is 0 Å². The van der Waals surface area contributed by atoms with Gasteiger partial charge in [-0.2, -0.15) is 0 Å². The number of esters is 2. The lowest BCUT2D eigenvalue weighted by Crippen LogP contribution is -2.24. The number of carbonyl (C=O) groups excluding carboxylic acids is 2. The van der Waals surface area contributed by atoms with E-state index in [-0.39, 0.29) is 31.8 Å². The highest BCUT2D eigenvalue weighted by atomic mass is 16.6. The number of hydrogen-bond acceptors (Lipinski definition) is 9. The average molecular weight is 436 g/mol. The molecule has 178 valence electrons. The second-order valence-corrected chi connectivity index (χ2v) is 6.87. The Bertz CT molecular complexity index is 408. The third-order valence-corrected chi connectivity index (χ3v) is 4.08. The summed E-state index contributed by atoms with van der Waals surface area (Å²) in [6.07, 6.45) is 4.41. The zero-order valence-electron chi connectivity index (χ0n) is 18.8. The molecule has 0 unspecified atom stereocenters. The third kappa shape index (κ3) is 21.4. The van der Waals surface area contributed by atoms with Gasteiger partial charge in [0.05, 0.1) is 46.1 Å². The van der Waals surface area contributed by atoms with Gasteiger partial charge in [-0.15, -0.1) is 0 Å². The summed E-state index contributed by atoms with van der Waals surface area (Å²) in [6, 6.07) is 0. The molecule has 0 aliphatic rings. The van der Waals surface area contributed by atoms with E-state index in [0.29, 0.717) is 59.0 Å². The highest BCUT2D eigenvalue weighted by Crippen LogP contribution is 1.98. The van der Waals surface area contributed by atoms with Crippen molar-refractivity contribution in [3.63, 3.8) is 0 Å². The number of aliphatic hydroxyl groups is 1. The van der Waals surface area contributed by atoms with E-state index in [1.807, 2.05) is 14.0 Å². The van der Waals surface area contributed by atoms with E-state index in [4.69, 9.17) is 28.8 Å². The second-order valence-electron chi connectivity index (χ2n) is 6.87. The zero-order chi connectivity index (χ0) is 22.3. The quantitative estimate of drug-likeness (QED) is 0.200. The van der Waals surface area contributed by atoms with Gasteiger partial charge in [-0.1, -0.05) is 6.92 Å². The zero-order valence-corrected chi connectivity index (χ0v) is 18.8. The van der Waals surface area contributed by atoms with E-state index in [1.54, 1.807) is 0 Å². The van der Waals surface area contributed by atoms with Crippen molar-refractivity contribution in [2.75, 3.05) is 79.6 Å². The first-order chi connectivity index (χ1) is 14.6. The summed E-state index contributed by atoms with van der Waals surface area (Å²) in [5.41, 5.74) is 0. The number of rotatable bonds is 22. The Hall–Kier alpha value is -1.26. The topological polar surface area (TPSA) is 104 Å². The Labute approximate surface area is 180 Å². The predicted octanol–water partition coefficient (Wildman–Crippen LogP) is 1.41. The highest BCUT2D eigenvalue weighted by Gasteiger charge is 2.06. The molecule has 0 saturated heterocycles. The normalized spacial score (nSPS) is 11.1. The SMILES string of the molecule is CCCC(=O)OCCOCCOCCOCCOC(=O)CCN(C)CCCCCO. The molecule has 0 bridgehead atoms. The summed E-state index contributed by atoms with van der Waals surface area (Å²) in [4.78, 5) is 24.9. The Morgan fingerprint density at radius 1 is 0.700 bits per heavy atom. The molecular formula is C21H41NO8. The van der Waals surface area contributed by atoms with Crippen LogP contribution in [0.2, 0.25) is 0 Å². The molecule has 0 aliphatic carbocycles. The molecule has 30 heavy (non-hydrogen) atoms. The van der Waals surface area contributed by atoms with Crippen molar-refractivity contribution in [2.45, 2.75) is 45.4 Å². The number of carbonyl (C=O) groups is 2. The summed E-state index contributed by atoms with van der Waals surface area (Å²) < 4.78 is 26.1. The molecule has 0 fully saturated rings. The van der Waals surface area contributed by atoms with Crippen LogP contribution in [-0.4, -0.2) is 102 Å². The first-order valence-electron chi connectivity index (χ1n) is 10.9. The van der Waals surface area contributed by atoms with Crippen molar-refractivity contribution >= 4 is 11.9 Å². The minimum Gasteiger partial charge on any atom is -0.463 e. The first-order valence-corrected chi connectivity index (χ1v) is 10.9. The lowest BCUT2D eigenvalue weighted by Gasteiger charge is -2.15. The molecule has 0 aliphatic heterocycles. The second kappa shape index (κ2) is 22.4. The van der Waals surface area contributed by atoms with Gasteiger partial charge >= 0.3 is 11.9 Å². The van der Waals surface area contributed by atoms with Gasteiger partial charge in [-0.3, -0.25) is 9.59 Å². The number of unbranched alkanes of at least 4 members (excludes halogenated alkanes) is 2. The van der Waals surface area contributed by atoms with Gasteiger partial charge in [0.15, 0.2) is 0 Å². The van der Waals surface area contributed by atoms with E-state index in [0.717, 1.165) is 32.2 Å². The standard InChI is InChI=1S/C21H41NO8/c1-3-7-20(24)29-18-16-27-14-12-26-13-15-28-17-19-30-21(25)8-10-22(2)9-5-4-6-11-23/h23H,3-19H2,1-2H3. The maximum absolute atomic E-state index is 11.7. The average Bonchev–Trinajstić information content (AvgIpc) is 2.73. The van der Waals surface area contributed by atoms with Gasteiger partial charge in [-0.05, 0) is 39.3 Å². The maximum Gasteiger partial charge on any atom is 0.307 e. The number of aliphatic hydroxyl groups excluding tert-OH is 1. The van der Waals surface area contributed by atoms with Crippen LogP contribution in [0.1, 0.15) is 45.4 Å². The van der Waals surface area contributed by atoms with E-state index in [2.05, 4.69) is 4.90 Å². The molecule has 0 atom stereocenters. The van der Waals surface area contributed by atoms with Gasteiger partial charge in [0, 0.05) is 19.6 Å². The van der Waals surface area contributed by atoms with Crippen LogP contribution in [0.15, 0.2) is 0 Å². The van der Waals surface area contributed by atoms with Gasteiger partial charge in [0.1, 0.15) is 13.2 Å². The number of ether oxygens (including phenoxy) is 5. The monoisotopic (exact) mass is 435 g/mol. The summed E-state index contributed by atoms with van der Waals surface area (Å²) >= 11 is 0. The molecule has 0 rings (SSSR count). The Morgan fingerprint density at radius 2 is 1.20 bits per heavy atom. The number of hydrogen-bond donors (Lipinski definition) is 1. The van der Waals surface area contributed by atoms with Crippen molar-refractivity contribution in [2.24, 2.45) is 0 Å². The van der Waals surface area contributed by atoms with Crippen LogP contribution >= 0.6 is 0 Å². The maximum atomic E-state index is 11.7. The van der Waals surface area contributed by atoms with Crippen LogP contribution in [0.5, 0.6) is 0 Å². The van der Waals surface area contributed by atoms with Crippen LogP contribution in [0.3, 0.4) is 0 Å². The fourth-order valence-corrected chi connectivity index (χ4v) is 2.38. The largest absolute Gasteiger partial charge is 0.463 e. The van der Waals surface area contributed by atoms with Crippen LogP contribution in [-0.2, 0) is 33.3 Å². The molecule has 9 nitrogen and oxygen atoms in total. The smallest absolute Gasteiger partial charge is 0.307 e. The molecule has 0 amide bonds. The van der Waals surface area contributed by atoms with E-state index >= 15 is 0 Å². The number of nitrogens with zero attached hydrogens (tertiary/aromatic N) is 1. The molecule has 9 heteroatoms. The fraction of sp³-hybridized carbons (Fsp3) is 0.905. The third-order valence-electron chi connectivity index (χ3n) is 4.08. The van der Waals surface area contributed by atoms with E-state index < -0.39 is 0 Å². The minimum atomic E-state index is -0.227. The lowest BCUT2D eigenvalue weighted by molar-refractivity contribution is -0.146. The van der Waals surface area contributed by atoms with Crippen molar-refractivity contribution in [1.82, 2.24) is 4.90 Å². The summed E-state index contributed by atoms with van der Waals surface area (Å²) in [7, 11) is 1.97. The van der Waals surface area contributed by atoms with Crippen molar-refractivity contribution < 1.29 is 38.4 Å². The molecule has 0 saturated carbocycles. The first kappa shape index (κ1) is 28.7. The fourth-order valence-electron chi connectivity index (χ4n) is 2.38. The van der Waals surface area contributed by atoms with Gasteiger partial charge in [0.25, 0.3) is 0 Å².